The minimum atomic E-state index is 0.762. The summed E-state index contributed by atoms with van der Waals surface area (Å²) in [7, 11) is 0. The molecule has 0 saturated carbocycles. The van der Waals surface area contributed by atoms with E-state index in [9.17, 15) is 0 Å². The topological polar surface area (TPSA) is 38.9 Å². The SMILES string of the molecule is Cc1ccc2nc(C)c(N)cc2c1. The number of aryl methyl sites for hydroxylation is 2. The first-order valence-electron chi connectivity index (χ1n) is 4.30. The van der Waals surface area contributed by atoms with Crippen molar-refractivity contribution in [2.45, 2.75) is 13.8 Å². The predicted octanol–water partition coefficient (Wildman–Crippen LogP) is 2.43. The second kappa shape index (κ2) is 2.73. The number of hydrogen-bond donors (Lipinski definition) is 1. The van der Waals surface area contributed by atoms with E-state index < -0.39 is 0 Å². The Hall–Kier alpha value is -1.57. The Morgan fingerprint density at radius 3 is 2.69 bits per heavy atom. The number of aromatic nitrogens is 1. The van der Waals surface area contributed by atoms with E-state index in [1.807, 2.05) is 19.1 Å². The lowest BCUT2D eigenvalue weighted by molar-refractivity contribution is 1.26. The second-order valence-electron chi connectivity index (χ2n) is 3.36. The van der Waals surface area contributed by atoms with E-state index >= 15 is 0 Å². The first-order valence-corrected chi connectivity index (χ1v) is 4.30. The van der Waals surface area contributed by atoms with Crippen LogP contribution in [0.2, 0.25) is 0 Å². The van der Waals surface area contributed by atoms with Crippen molar-refractivity contribution < 1.29 is 0 Å². The maximum absolute atomic E-state index is 5.77. The molecule has 0 atom stereocenters. The number of rotatable bonds is 0. The summed E-state index contributed by atoms with van der Waals surface area (Å²) in [4.78, 5) is 4.39. The highest BCUT2D eigenvalue weighted by Crippen LogP contribution is 2.18. The molecule has 66 valence electrons. The standard InChI is InChI=1S/C11H12N2/c1-7-3-4-11-9(5-7)6-10(12)8(2)13-11/h3-6H,12H2,1-2H3. The van der Waals surface area contributed by atoms with Gasteiger partial charge in [0.2, 0.25) is 0 Å². The zero-order valence-electron chi connectivity index (χ0n) is 7.83. The molecule has 0 aliphatic heterocycles. The average molecular weight is 172 g/mol. The summed E-state index contributed by atoms with van der Waals surface area (Å²) in [6.45, 7) is 3.99. The minimum absolute atomic E-state index is 0.762. The van der Waals surface area contributed by atoms with Gasteiger partial charge in [-0.15, -0.1) is 0 Å². The van der Waals surface area contributed by atoms with Gasteiger partial charge in [-0.2, -0.15) is 0 Å². The molecule has 1 aromatic heterocycles. The summed E-state index contributed by atoms with van der Waals surface area (Å²) in [5, 5.41) is 1.11. The van der Waals surface area contributed by atoms with E-state index in [1.165, 1.54) is 5.56 Å². The van der Waals surface area contributed by atoms with Gasteiger partial charge < -0.3 is 5.73 Å². The van der Waals surface area contributed by atoms with Gasteiger partial charge in [0.25, 0.3) is 0 Å². The molecule has 1 heterocycles. The summed E-state index contributed by atoms with van der Waals surface area (Å²) < 4.78 is 0. The normalized spacial score (nSPS) is 10.6. The number of nitrogens with zero attached hydrogens (tertiary/aromatic N) is 1. The van der Waals surface area contributed by atoms with Crippen molar-refractivity contribution >= 4 is 16.6 Å². The number of benzene rings is 1. The molecule has 2 aromatic rings. The van der Waals surface area contributed by atoms with Crippen molar-refractivity contribution in [3.8, 4) is 0 Å². The Bertz CT molecular complexity index is 461. The summed E-state index contributed by atoms with van der Waals surface area (Å²) in [6.07, 6.45) is 0. The zero-order chi connectivity index (χ0) is 9.42. The maximum atomic E-state index is 5.77. The Morgan fingerprint density at radius 2 is 1.92 bits per heavy atom. The van der Waals surface area contributed by atoms with Crippen LogP contribution in [0.1, 0.15) is 11.3 Å². The van der Waals surface area contributed by atoms with Crippen LogP contribution in [0.4, 0.5) is 5.69 Å². The summed E-state index contributed by atoms with van der Waals surface area (Å²) in [6, 6.07) is 8.16. The lowest BCUT2D eigenvalue weighted by atomic mass is 10.1. The highest BCUT2D eigenvalue weighted by molar-refractivity contribution is 5.82. The molecule has 0 aliphatic rings. The van der Waals surface area contributed by atoms with Crippen molar-refractivity contribution in [3.63, 3.8) is 0 Å². The van der Waals surface area contributed by atoms with Crippen LogP contribution in [-0.4, -0.2) is 4.98 Å². The van der Waals surface area contributed by atoms with Gasteiger partial charge in [-0.05, 0) is 32.0 Å². The third-order valence-electron chi connectivity index (χ3n) is 2.20. The fraction of sp³-hybridized carbons (Fsp3) is 0.182. The molecule has 0 aliphatic carbocycles. The Balaban J connectivity index is 2.81. The predicted molar refractivity (Wildman–Crippen MR) is 55.6 cm³/mol. The number of pyridine rings is 1. The van der Waals surface area contributed by atoms with Gasteiger partial charge in [-0.3, -0.25) is 4.98 Å². The van der Waals surface area contributed by atoms with Crippen molar-refractivity contribution in [3.05, 3.63) is 35.5 Å². The molecule has 0 saturated heterocycles. The molecule has 2 heteroatoms. The highest BCUT2D eigenvalue weighted by atomic mass is 14.7. The van der Waals surface area contributed by atoms with E-state index in [4.69, 9.17) is 5.73 Å². The monoisotopic (exact) mass is 172 g/mol. The number of hydrogen-bond acceptors (Lipinski definition) is 2. The largest absolute Gasteiger partial charge is 0.397 e. The van der Waals surface area contributed by atoms with E-state index in [-0.39, 0.29) is 0 Å². The van der Waals surface area contributed by atoms with Gasteiger partial charge in [-0.25, -0.2) is 0 Å². The molecule has 0 unspecified atom stereocenters. The van der Waals surface area contributed by atoms with Crippen LogP contribution in [-0.2, 0) is 0 Å². The van der Waals surface area contributed by atoms with E-state index in [1.54, 1.807) is 0 Å². The van der Waals surface area contributed by atoms with Crippen LogP contribution < -0.4 is 5.73 Å². The van der Waals surface area contributed by atoms with Crippen LogP contribution in [0.3, 0.4) is 0 Å². The molecule has 2 nitrogen and oxygen atoms in total. The van der Waals surface area contributed by atoms with Gasteiger partial charge in [0.05, 0.1) is 16.9 Å². The Kier molecular flexibility index (Phi) is 1.69. The summed E-state index contributed by atoms with van der Waals surface area (Å²) in [5.41, 5.74) is 9.68. The van der Waals surface area contributed by atoms with Gasteiger partial charge in [-0.1, -0.05) is 11.6 Å². The maximum Gasteiger partial charge on any atom is 0.0707 e. The van der Waals surface area contributed by atoms with Crippen LogP contribution in [0.5, 0.6) is 0 Å². The average Bonchev–Trinajstić information content (AvgIpc) is 2.08. The van der Waals surface area contributed by atoms with E-state index in [0.29, 0.717) is 0 Å². The van der Waals surface area contributed by atoms with Crippen LogP contribution in [0.25, 0.3) is 10.9 Å². The van der Waals surface area contributed by atoms with Crippen molar-refractivity contribution in [1.29, 1.82) is 0 Å². The Morgan fingerprint density at radius 1 is 1.15 bits per heavy atom. The molecule has 2 N–H and O–H groups in total. The molecule has 1 aromatic carbocycles. The van der Waals surface area contributed by atoms with Crippen molar-refractivity contribution in [2.75, 3.05) is 5.73 Å². The number of nitrogens with two attached hydrogens (primary N) is 1. The van der Waals surface area contributed by atoms with Gasteiger partial charge >= 0.3 is 0 Å². The molecule has 0 spiro atoms. The number of fused-ring (bicyclic) bond motifs is 1. The molecule has 2 rings (SSSR count). The smallest absolute Gasteiger partial charge is 0.0707 e. The number of nitrogen functional groups attached to an aromatic ring is 1. The highest BCUT2D eigenvalue weighted by Gasteiger charge is 1.99. The molecule has 0 bridgehead atoms. The zero-order valence-corrected chi connectivity index (χ0v) is 7.83. The lowest BCUT2D eigenvalue weighted by Gasteiger charge is -2.03. The molecule has 0 radical (unpaired) electrons. The lowest BCUT2D eigenvalue weighted by Crippen LogP contribution is -1.93. The summed E-state index contributed by atoms with van der Waals surface area (Å²) in [5.74, 6) is 0. The molecule has 13 heavy (non-hydrogen) atoms. The Labute approximate surface area is 77.4 Å². The van der Waals surface area contributed by atoms with E-state index in [0.717, 1.165) is 22.3 Å². The quantitative estimate of drug-likeness (QED) is 0.662. The molecular formula is C11H12N2. The van der Waals surface area contributed by atoms with Gasteiger partial charge in [0, 0.05) is 5.39 Å². The second-order valence-corrected chi connectivity index (χ2v) is 3.36. The first kappa shape index (κ1) is 8.05. The summed E-state index contributed by atoms with van der Waals surface area (Å²) >= 11 is 0. The third-order valence-corrected chi connectivity index (χ3v) is 2.20. The molecule has 0 fully saturated rings. The van der Waals surface area contributed by atoms with E-state index in [2.05, 4.69) is 24.0 Å². The van der Waals surface area contributed by atoms with Gasteiger partial charge in [0.15, 0.2) is 0 Å². The third kappa shape index (κ3) is 1.35. The van der Waals surface area contributed by atoms with Gasteiger partial charge in [0.1, 0.15) is 0 Å². The first-order chi connectivity index (χ1) is 6.16. The molecule has 0 amide bonds. The fourth-order valence-corrected chi connectivity index (χ4v) is 1.41. The number of anilines is 1. The van der Waals surface area contributed by atoms with Crippen LogP contribution in [0, 0.1) is 13.8 Å². The van der Waals surface area contributed by atoms with Crippen LogP contribution in [0.15, 0.2) is 24.3 Å². The molecular weight excluding hydrogens is 160 g/mol. The fourth-order valence-electron chi connectivity index (χ4n) is 1.41. The minimum Gasteiger partial charge on any atom is -0.397 e. The van der Waals surface area contributed by atoms with Crippen LogP contribution >= 0.6 is 0 Å². The van der Waals surface area contributed by atoms with Crippen molar-refractivity contribution in [1.82, 2.24) is 4.98 Å². The van der Waals surface area contributed by atoms with Crippen molar-refractivity contribution in [2.24, 2.45) is 0 Å².